The van der Waals surface area contributed by atoms with Gasteiger partial charge < -0.3 is 5.32 Å². The van der Waals surface area contributed by atoms with Crippen molar-refractivity contribution in [2.24, 2.45) is 0 Å². The van der Waals surface area contributed by atoms with E-state index in [0.717, 1.165) is 18.5 Å². The number of rotatable bonds is 5. The lowest BCUT2D eigenvalue weighted by Crippen LogP contribution is -2.06. The average molecular weight is 297 g/mol. The van der Waals surface area contributed by atoms with Gasteiger partial charge in [0.2, 0.25) is 16.4 Å². The minimum absolute atomic E-state index is 0.156. The lowest BCUT2D eigenvalue weighted by atomic mass is 10.4. The number of aromatic nitrogens is 5. The molecule has 6 nitrogen and oxygen atoms in total. The Hall–Kier alpha value is -1.47. The van der Waals surface area contributed by atoms with Crippen LogP contribution in [0.15, 0.2) is 22.7 Å². The van der Waals surface area contributed by atoms with Crippen LogP contribution in [0.3, 0.4) is 0 Å². The van der Waals surface area contributed by atoms with Gasteiger partial charge in [-0.25, -0.2) is 9.97 Å². The van der Waals surface area contributed by atoms with Crippen molar-refractivity contribution in [1.29, 1.82) is 0 Å². The molecule has 0 aliphatic rings. The van der Waals surface area contributed by atoms with Crippen LogP contribution in [0.25, 0.3) is 0 Å². The van der Waals surface area contributed by atoms with Crippen molar-refractivity contribution in [2.75, 3.05) is 11.9 Å². The summed E-state index contributed by atoms with van der Waals surface area (Å²) < 4.78 is 0. The highest BCUT2D eigenvalue weighted by molar-refractivity contribution is 7.99. The molecule has 2 rings (SSSR count). The molecule has 2 aromatic heterocycles. The van der Waals surface area contributed by atoms with Crippen molar-refractivity contribution < 1.29 is 0 Å². The fourth-order valence-electron chi connectivity index (χ4n) is 1.21. The Bertz CT molecular complexity index is 547. The molecule has 0 aliphatic heterocycles. The number of hydrogen-bond donors (Lipinski definition) is 1. The topological polar surface area (TPSA) is 76.5 Å². The van der Waals surface area contributed by atoms with Crippen LogP contribution in [0.2, 0.25) is 5.28 Å². The molecule has 2 aromatic rings. The quantitative estimate of drug-likeness (QED) is 0.850. The second-order valence-corrected chi connectivity index (χ2v) is 5.05. The van der Waals surface area contributed by atoms with Gasteiger partial charge in [-0.15, -0.1) is 0 Å². The van der Waals surface area contributed by atoms with E-state index in [0.29, 0.717) is 16.3 Å². The molecule has 0 fully saturated rings. The zero-order valence-corrected chi connectivity index (χ0v) is 12.2. The maximum atomic E-state index is 5.86. The van der Waals surface area contributed by atoms with Crippen LogP contribution in [0.1, 0.15) is 18.9 Å². The molecule has 0 radical (unpaired) electrons. The second kappa shape index (κ2) is 6.63. The van der Waals surface area contributed by atoms with Gasteiger partial charge in [-0.3, -0.25) is 0 Å². The molecule has 8 heteroatoms. The number of nitrogens with one attached hydrogen (secondary N) is 1. The third kappa shape index (κ3) is 4.29. The zero-order chi connectivity index (χ0) is 13.7. The van der Waals surface area contributed by atoms with E-state index in [9.17, 15) is 0 Å². The third-order valence-corrected chi connectivity index (χ3v) is 2.99. The van der Waals surface area contributed by atoms with Crippen LogP contribution < -0.4 is 5.32 Å². The number of halogens is 1. The van der Waals surface area contributed by atoms with Crippen LogP contribution in [0.5, 0.6) is 0 Å². The Morgan fingerprint density at radius 1 is 1.16 bits per heavy atom. The van der Waals surface area contributed by atoms with Crippen molar-refractivity contribution in [1.82, 2.24) is 24.9 Å². The summed E-state index contributed by atoms with van der Waals surface area (Å²) in [6, 6.07) is 0. The second-order valence-electron chi connectivity index (χ2n) is 3.78. The first-order valence-electron chi connectivity index (χ1n) is 5.79. The van der Waals surface area contributed by atoms with E-state index in [4.69, 9.17) is 11.6 Å². The summed E-state index contributed by atoms with van der Waals surface area (Å²) in [6.07, 6.45) is 4.47. The van der Waals surface area contributed by atoms with E-state index in [-0.39, 0.29) is 5.28 Å². The standard InChI is InChI=1S/C11H13ClN6S/c1-3-4-13-9-16-8(12)17-11(18-9)19-10-14-5-7(2)6-15-10/h5-6H,3-4H2,1-2H3,(H,13,16,17,18). The Kier molecular flexibility index (Phi) is 4.86. The number of nitrogens with zero attached hydrogens (tertiary/aromatic N) is 5. The first-order valence-corrected chi connectivity index (χ1v) is 6.98. The lowest BCUT2D eigenvalue weighted by Gasteiger charge is -2.04. The Balaban J connectivity index is 2.15. The smallest absolute Gasteiger partial charge is 0.228 e. The summed E-state index contributed by atoms with van der Waals surface area (Å²) in [5.41, 5.74) is 1.00. The molecule has 0 unspecified atom stereocenters. The third-order valence-electron chi connectivity index (χ3n) is 2.06. The van der Waals surface area contributed by atoms with Crippen LogP contribution in [0, 0.1) is 6.92 Å². The molecule has 19 heavy (non-hydrogen) atoms. The van der Waals surface area contributed by atoms with Crippen LogP contribution >= 0.6 is 23.4 Å². The molecule has 0 aromatic carbocycles. The summed E-state index contributed by atoms with van der Waals surface area (Å²) in [5, 5.41) is 4.28. The summed E-state index contributed by atoms with van der Waals surface area (Å²) in [5.74, 6) is 0.469. The van der Waals surface area contributed by atoms with Gasteiger partial charge in [-0.2, -0.15) is 15.0 Å². The summed E-state index contributed by atoms with van der Waals surface area (Å²) in [6.45, 7) is 4.78. The Morgan fingerprint density at radius 2 is 1.89 bits per heavy atom. The maximum Gasteiger partial charge on any atom is 0.228 e. The molecule has 0 bridgehead atoms. The molecule has 0 atom stereocenters. The average Bonchev–Trinajstić information content (AvgIpc) is 2.38. The van der Waals surface area contributed by atoms with Crippen molar-refractivity contribution >= 4 is 29.3 Å². The highest BCUT2D eigenvalue weighted by atomic mass is 35.5. The molecule has 0 spiro atoms. The number of anilines is 1. The SMILES string of the molecule is CCCNc1nc(Cl)nc(Sc2ncc(C)cn2)n1. The first kappa shape index (κ1) is 14.0. The van der Waals surface area contributed by atoms with Crippen molar-refractivity contribution in [3.8, 4) is 0 Å². The van der Waals surface area contributed by atoms with E-state index in [1.807, 2.05) is 6.92 Å². The largest absolute Gasteiger partial charge is 0.354 e. The van der Waals surface area contributed by atoms with Gasteiger partial charge in [0.1, 0.15) is 0 Å². The Labute approximate surface area is 120 Å². The predicted octanol–water partition coefficient (Wildman–Crippen LogP) is 2.60. The minimum Gasteiger partial charge on any atom is -0.354 e. The molecule has 1 N–H and O–H groups in total. The van der Waals surface area contributed by atoms with Gasteiger partial charge in [0.15, 0.2) is 5.16 Å². The van der Waals surface area contributed by atoms with Gasteiger partial charge >= 0.3 is 0 Å². The van der Waals surface area contributed by atoms with Gasteiger partial charge in [0, 0.05) is 18.9 Å². The first-order chi connectivity index (χ1) is 9.17. The van der Waals surface area contributed by atoms with Crippen molar-refractivity contribution in [3.63, 3.8) is 0 Å². The monoisotopic (exact) mass is 296 g/mol. The fraction of sp³-hybridized carbons (Fsp3) is 0.364. The van der Waals surface area contributed by atoms with E-state index in [1.54, 1.807) is 12.4 Å². The lowest BCUT2D eigenvalue weighted by molar-refractivity contribution is 0.868. The summed E-state index contributed by atoms with van der Waals surface area (Å²) >= 11 is 7.11. The predicted molar refractivity (Wildman–Crippen MR) is 74.5 cm³/mol. The summed E-state index contributed by atoms with van der Waals surface area (Å²) in [7, 11) is 0. The van der Waals surface area contributed by atoms with Crippen LogP contribution in [-0.2, 0) is 0 Å². The molecule has 0 amide bonds. The number of hydrogen-bond acceptors (Lipinski definition) is 7. The minimum atomic E-state index is 0.156. The van der Waals surface area contributed by atoms with Crippen molar-refractivity contribution in [3.05, 3.63) is 23.2 Å². The molecule has 0 saturated heterocycles. The normalized spacial score (nSPS) is 10.5. The highest BCUT2D eigenvalue weighted by Gasteiger charge is 2.08. The molecule has 0 saturated carbocycles. The van der Waals surface area contributed by atoms with Gasteiger partial charge in [-0.1, -0.05) is 6.92 Å². The van der Waals surface area contributed by atoms with E-state index < -0.39 is 0 Å². The van der Waals surface area contributed by atoms with E-state index in [1.165, 1.54) is 11.8 Å². The van der Waals surface area contributed by atoms with Gasteiger partial charge in [0.25, 0.3) is 0 Å². The van der Waals surface area contributed by atoms with E-state index in [2.05, 4.69) is 37.2 Å². The number of aryl methyl sites for hydroxylation is 1. The van der Waals surface area contributed by atoms with E-state index >= 15 is 0 Å². The molecular formula is C11H13ClN6S. The van der Waals surface area contributed by atoms with Crippen LogP contribution in [0.4, 0.5) is 5.95 Å². The maximum absolute atomic E-state index is 5.86. The van der Waals surface area contributed by atoms with Gasteiger partial charge in [-0.05, 0) is 42.3 Å². The molecule has 2 heterocycles. The van der Waals surface area contributed by atoms with Crippen molar-refractivity contribution in [2.45, 2.75) is 30.6 Å². The fourth-order valence-corrected chi connectivity index (χ4v) is 2.06. The summed E-state index contributed by atoms with van der Waals surface area (Å²) in [4.78, 5) is 20.7. The highest BCUT2D eigenvalue weighted by Crippen LogP contribution is 2.22. The molecule has 100 valence electrons. The van der Waals surface area contributed by atoms with Gasteiger partial charge in [0.05, 0.1) is 0 Å². The molecule has 0 aliphatic carbocycles. The zero-order valence-electron chi connectivity index (χ0n) is 10.6. The molecular weight excluding hydrogens is 284 g/mol. The Morgan fingerprint density at radius 3 is 2.58 bits per heavy atom. The van der Waals surface area contributed by atoms with Crippen LogP contribution in [-0.4, -0.2) is 31.5 Å².